The van der Waals surface area contributed by atoms with Gasteiger partial charge in [0.05, 0.1) is 13.5 Å². The molecule has 0 aliphatic rings. The first-order chi connectivity index (χ1) is 13.4. The van der Waals surface area contributed by atoms with Crippen LogP contribution in [0.15, 0.2) is 30.3 Å². The van der Waals surface area contributed by atoms with E-state index in [4.69, 9.17) is 9.47 Å². The first kappa shape index (κ1) is 23.9. The van der Waals surface area contributed by atoms with Gasteiger partial charge in [-0.2, -0.15) is 0 Å². The Morgan fingerprint density at radius 2 is 1.72 bits per heavy atom. The van der Waals surface area contributed by atoms with Crippen molar-refractivity contribution >= 4 is 23.9 Å². The molecule has 1 aromatic carbocycles. The molecule has 0 saturated heterocycles. The van der Waals surface area contributed by atoms with Crippen molar-refractivity contribution in [3.63, 3.8) is 0 Å². The molecule has 29 heavy (non-hydrogen) atoms. The summed E-state index contributed by atoms with van der Waals surface area (Å²) >= 11 is 0. The summed E-state index contributed by atoms with van der Waals surface area (Å²) in [6, 6.07) is 6.46. The summed E-state index contributed by atoms with van der Waals surface area (Å²) < 4.78 is 9.85. The molecule has 2 atom stereocenters. The number of rotatable bonds is 8. The number of methoxy groups -OCH3 is 1. The predicted octanol–water partition coefficient (Wildman–Crippen LogP) is 1.94. The van der Waals surface area contributed by atoms with E-state index >= 15 is 0 Å². The van der Waals surface area contributed by atoms with Gasteiger partial charge in [-0.1, -0.05) is 30.3 Å². The number of aliphatic carboxylic acids is 1. The summed E-state index contributed by atoms with van der Waals surface area (Å²) in [5.41, 5.74) is -0.104. The lowest BCUT2D eigenvalue weighted by atomic mass is 10.1. The van der Waals surface area contributed by atoms with E-state index in [9.17, 15) is 24.3 Å². The zero-order chi connectivity index (χ0) is 22.2. The molecule has 2 N–H and O–H groups in total. The maximum Gasteiger partial charge on any atom is 0.408 e. The van der Waals surface area contributed by atoms with E-state index in [1.165, 1.54) is 18.9 Å². The number of hydrogen-bond donors (Lipinski definition) is 2. The fourth-order valence-electron chi connectivity index (χ4n) is 2.51. The summed E-state index contributed by atoms with van der Waals surface area (Å²) in [6.45, 7) is 6.42. The van der Waals surface area contributed by atoms with E-state index < -0.39 is 48.0 Å². The lowest BCUT2D eigenvalue weighted by Crippen LogP contribution is -2.54. The highest BCUT2D eigenvalue weighted by molar-refractivity contribution is 5.92. The van der Waals surface area contributed by atoms with Gasteiger partial charge in [-0.25, -0.2) is 9.59 Å². The van der Waals surface area contributed by atoms with Gasteiger partial charge in [-0.05, 0) is 33.3 Å². The van der Waals surface area contributed by atoms with E-state index in [-0.39, 0.29) is 6.54 Å². The molecule has 9 nitrogen and oxygen atoms in total. The predicted molar refractivity (Wildman–Crippen MR) is 104 cm³/mol. The topological polar surface area (TPSA) is 122 Å². The van der Waals surface area contributed by atoms with Crippen LogP contribution >= 0.6 is 0 Å². The number of ether oxygens (including phenoxy) is 2. The molecule has 2 amide bonds. The average Bonchev–Trinajstić information content (AvgIpc) is 2.62. The summed E-state index contributed by atoms with van der Waals surface area (Å²) in [5.74, 6) is -2.69. The summed E-state index contributed by atoms with van der Waals surface area (Å²) in [5, 5.41) is 11.5. The molecule has 0 spiro atoms. The minimum absolute atomic E-state index is 0.0298. The van der Waals surface area contributed by atoms with Crippen molar-refractivity contribution in [1.29, 1.82) is 0 Å². The molecule has 0 aromatic heterocycles. The van der Waals surface area contributed by atoms with Crippen molar-refractivity contribution in [2.24, 2.45) is 0 Å². The molecule has 160 valence electrons. The molecule has 0 radical (unpaired) electrons. The molecule has 9 heteroatoms. The Balaban J connectivity index is 3.15. The van der Waals surface area contributed by atoms with Gasteiger partial charge in [0.2, 0.25) is 5.91 Å². The number of alkyl carbamates (subject to hydrolysis) is 1. The molecular weight excluding hydrogens is 380 g/mol. The van der Waals surface area contributed by atoms with Gasteiger partial charge >= 0.3 is 18.0 Å². The van der Waals surface area contributed by atoms with Crippen LogP contribution in [0.4, 0.5) is 4.79 Å². The lowest BCUT2D eigenvalue weighted by Gasteiger charge is -2.31. The minimum Gasteiger partial charge on any atom is -0.481 e. The highest BCUT2D eigenvalue weighted by atomic mass is 16.6. The monoisotopic (exact) mass is 408 g/mol. The molecule has 1 aromatic rings. The molecule has 0 fully saturated rings. The second kappa shape index (κ2) is 10.4. The molecule has 0 aliphatic heterocycles. The van der Waals surface area contributed by atoms with Crippen LogP contribution in [0.1, 0.15) is 39.7 Å². The van der Waals surface area contributed by atoms with Gasteiger partial charge in [0.25, 0.3) is 0 Å². The van der Waals surface area contributed by atoms with Gasteiger partial charge in [-0.3, -0.25) is 9.59 Å². The van der Waals surface area contributed by atoms with Crippen molar-refractivity contribution in [2.45, 2.75) is 58.3 Å². The van der Waals surface area contributed by atoms with Crippen LogP contribution < -0.4 is 5.32 Å². The smallest absolute Gasteiger partial charge is 0.408 e. The lowest BCUT2D eigenvalue weighted by molar-refractivity contribution is -0.154. The average molecular weight is 408 g/mol. The third-order valence-electron chi connectivity index (χ3n) is 3.86. The van der Waals surface area contributed by atoms with Crippen LogP contribution in [0.5, 0.6) is 0 Å². The Bertz CT molecular complexity index is 728. The van der Waals surface area contributed by atoms with Gasteiger partial charge in [-0.15, -0.1) is 0 Å². The number of carbonyl (C=O) groups is 4. The molecule has 0 saturated carbocycles. The number of nitrogens with one attached hydrogen (secondary N) is 1. The normalized spacial score (nSPS) is 13.0. The Kier molecular flexibility index (Phi) is 8.62. The van der Waals surface area contributed by atoms with Crippen molar-refractivity contribution in [3.05, 3.63) is 35.9 Å². The van der Waals surface area contributed by atoms with E-state index in [0.717, 1.165) is 5.56 Å². The Labute approximate surface area is 170 Å². The zero-order valence-corrected chi connectivity index (χ0v) is 17.3. The summed E-state index contributed by atoms with van der Waals surface area (Å²) in [6.07, 6.45) is -1.60. The maximum absolute atomic E-state index is 13.1. The Morgan fingerprint density at radius 3 is 2.21 bits per heavy atom. The first-order valence-electron chi connectivity index (χ1n) is 9.08. The Hall–Kier alpha value is -3.10. The van der Waals surface area contributed by atoms with Gasteiger partial charge in [0.15, 0.2) is 0 Å². The molecule has 0 bridgehead atoms. The third kappa shape index (κ3) is 8.20. The molecule has 0 heterocycles. The van der Waals surface area contributed by atoms with E-state index in [1.807, 2.05) is 0 Å². The highest BCUT2D eigenvalue weighted by Gasteiger charge is 2.34. The number of amides is 2. The number of carboxylic acid groups (broad SMARTS) is 1. The SMILES string of the molecule is COC(=O)[C@@H](C)N(Cc1ccccc1)C(=O)[C@H](CC(=O)O)NC(=O)OC(C)(C)C. The number of benzene rings is 1. The van der Waals surface area contributed by atoms with Crippen molar-refractivity contribution in [3.8, 4) is 0 Å². The van der Waals surface area contributed by atoms with Crippen LogP contribution in [0, 0.1) is 0 Å². The van der Waals surface area contributed by atoms with E-state index in [2.05, 4.69) is 5.32 Å². The van der Waals surface area contributed by atoms with Crippen molar-refractivity contribution < 1.29 is 33.8 Å². The van der Waals surface area contributed by atoms with E-state index in [0.29, 0.717) is 0 Å². The maximum atomic E-state index is 13.1. The number of hydrogen-bond acceptors (Lipinski definition) is 6. The largest absolute Gasteiger partial charge is 0.481 e. The first-order valence-corrected chi connectivity index (χ1v) is 9.08. The second-order valence-electron chi connectivity index (χ2n) is 7.45. The second-order valence-corrected chi connectivity index (χ2v) is 7.45. The van der Waals surface area contributed by atoms with Crippen LogP contribution in [0.3, 0.4) is 0 Å². The number of nitrogens with zero attached hydrogens (tertiary/aromatic N) is 1. The summed E-state index contributed by atoms with van der Waals surface area (Å²) in [7, 11) is 1.19. The molecular formula is C20H28N2O7. The summed E-state index contributed by atoms with van der Waals surface area (Å²) in [4.78, 5) is 49.7. The van der Waals surface area contributed by atoms with Crippen LogP contribution in [0.25, 0.3) is 0 Å². The molecule has 0 aliphatic carbocycles. The zero-order valence-electron chi connectivity index (χ0n) is 17.3. The fraction of sp³-hybridized carbons (Fsp3) is 0.500. The van der Waals surface area contributed by atoms with Gasteiger partial charge in [0, 0.05) is 6.54 Å². The van der Waals surface area contributed by atoms with Crippen LogP contribution in [-0.4, -0.2) is 58.7 Å². The number of carbonyl (C=O) groups excluding carboxylic acids is 3. The Morgan fingerprint density at radius 1 is 1.14 bits per heavy atom. The van der Waals surface area contributed by atoms with Gasteiger partial charge < -0.3 is 24.8 Å². The number of esters is 1. The number of carboxylic acids is 1. The minimum atomic E-state index is -1.42. The fourth-order valence-corrected chi connectivity index (χ4v) is 2.51. The highest BCUT2D eigenvalue weighted by Crippen LogP contribution is 2.14. The molecule has 0 unspecified atom stereocenters. The van der Waals surface area contributed by atoms with Crippen LogP contribution in [-0.2, 0) is 30.4 Å². The van der Waals surface area contributed by atoms with Crippen LogP contribution in [0.2, 0.25) is 0 Å². The van der Waals surface area contributed by atoms with Crippen molar-refractivity contribution in [2.75, 3.05) is 7.11 Å². The van der Waals surface area contributed by atoms with Gasteiger partial charge in [0.1, 0.15) is 17.7 Å². The standard InChI is InChI=1S/C20H28N2O7/c1-13(18(26)28-5)22(12-14-9-7-6-8-10-14)17(25)15(11-16(23)24)21-19(27)29-20(2,3)4/h6-10,13,15H,11-12H2,1-5H3,(H,21,27)(H,23,24)/t13-,15+/m1/s1. The van der Waals surface area contributed by atoms with Crippen molar-refractivity contribution in [1.82, 2.24) is 10.2 Å². The van der Waals surface area contributed by atoms with E-state index in [1.54, 1.807) is 51.1 Å². The third-order valence-corrected chi connectivity index (χ3v) is 3.86. The molecule has 1 rings (SSSR count). The quantitative estimate of drug-likeness (QED) is 0.630.